The van der Waals surface area contributed by atoms with Crippen LogP contribution in [0.4, 0.5) is 5.82 Å². The van der Waals surface area contributed by atoms with Gasteiger partial charge in [-0.15, -0.1) is 11.8 Å². The smallest absolute Gasteiger partial charge is 0.257 e. The molecule has 142 valence electrons. The minimum absolute atomic E-state index is 0.172. The quantitative estimate of drug-likeness (QED) is 0.480. The van der Waals surface area contributed by atoms with Gasteiger partial charge in [-0.25, -0.2) is 4.98 Å². The molecule has 0 saturated heterocycles. The van der Waals surface area contributed by atoms with Gasteiger partial charge in [-0.1, -0.05) is 23.5 Å². The van der Waals surface area contributed by atoms with Crippen LogP contribution in [0.5, 0.6) is 5.75 Å². The summed E-state index contributed by atoms with van der Waals surface area (Å²) in [4.78, 5) is 18.4. The Balaban J connectivity index is 1.70. The molecule has 4 aromatic rings. The highest BCUT2D eigenvalue weighted by Crippen LogP contribution is 2.30. The number of thioether (sulfide) groups is 1. The highest BCUT2D eigenvalue weighted by Gasteiger charge is 2.17. The summed E-state index contributed by atoms with van der Waals surface area (Å²) in [5.74, 6) is 1.19. The van der Waals surface area contributed by atoms with Crippen LogP contribution < -0.4 is 10.1 Å². The van der Waals surface area contributed by atoms with Crippen molar-refractivity contribution in [3.05, 3.63) is 59.8 Å². The van der Waals surface area contributed by atoms with Crippen LogP contribution >= 0.6 is 23.1 Å². The molecule has 1 amide bonds. The molecule has 2 heterocycles. The minimum Gasteiger partial charge on any atom is -0.497 e. The van der Waals surface area contributed by atoms with Crippen LogP contribution in [0.1, 0.15) is 16.1 Å². The van der Waals surface area contributed by atoms with Gasteiger partial charge in [0.2, 0.25) is 5.13 Å². The van der Waals surface area contributed by atoms with E-state index < -0.39 is 0 Å². The average Bonchev–Trinajstić information content (AvgIpc) is 3.29. The van der Waals surface area contributed by atoms with Crippen LogP contribution in [-0.2, 0) is 0 Å². The Kier molecular flexibility index (Phi) is 5.06. The predicted octanol–water partition coefficient (Wildman–Crippen LogP) is 4.77. The minimum atomic E-state index is -0.172. The fraction of sp³-hybridized carbons (Fsp3) is 0.150. The van der Waals surface area contributed by atoms with Gasteiger partial charge < -0.3 is 10.1 Å². The first kappa shape index (κ1) is 18.5. The fourth-order valence-electron chi connectivity index (χ4n) is 2.86. The van der Waals surface area contributed by atoms with Crippen LogP contribution in [0.25, 0.3) is 15.3 Å². The molecule has 0 aliphatic carbocycles. The molecule has 0 spiro atoms. The lowest BCUT2D eigenvalue weighted by atomic mass is 10.2. The number of rotatable bonds is 5. The number of thiazole rings is 1. The Morgan fingerprint density at radius 3 is 2.82 bits per heavy atom. The van der Waals surface area contributed by atoms with Gasteiger partial charge in [-0.05, 0) is 43.5 Å². The predicted molar refractivity (Wildman–Crippen MR) is 114 cm³/mol. The highest BCUT2D eigenvalue weighted by molar-refractivity contribution is 7.98. The number of ether oxygens (including phenoxy) is 1. The number of aryl methyl sites for hydroxylation is 1. The number of nitrogens with one attached hydrogen (secondary N) is 1. The van der Waals surface area contributed by atoms with Gasteiger partial charge in [-0.2, -0.15) is 9.78 Å². The van der Waals surface area contributed by atoms with Gasteiger partial charge in [0.05, 0.1) is 28.6 Å². The zero-order valence-electron chi connectivity index (χ0n) is 15.6. The van der Waals surface area contributed by atoms with Crippen LogP contribution in [0.3, 0.4) is 0 Å². The second-order valence-electron chi connectivity index (χ2n) is 6.07. The summed E-state index contributed by atoms with van der Waals surface area (Å²) in [6.07, 6.45) is 1.95. The summed E-state index contributed by atoms with van der Waals surface area (Å²) in [5.41, 5.74) is 2.29. The average molecular weight is 411 g/mol. The molecule has 2 aromatic heterocycles. The third-order valence-corrected chi connectivity index (χ3v) is 5.98. The molecule has 1 N–H and O–H groups in total. The number of carbonyl (C=O) groups excluding carboxylic acids is 1. The van der Waals surface area contributed by atoms with Crippen LogP contribution in [0.15, 0.2) is 53.4 Å². The first-order valence-corrected chi connectivity index (χ1v) is 10.6. The Hall–Kier alpha value is -2.84. The molecule has 0 fully saturated rings. The molecule has 4 rings (SSSR count). The van der Waals surface area contributed by atoms with Gasteiger partial charge in [0.15, 0.2) is 0 Å². The van der Waals surface area contributed by atoms with E-state index in [4.69, 9.17) is 4.74 Å². The number of amides is 1. The highest BCUT2D eigenvalue weighted by atomic mass is 32.2. The third kappa shape index (κ3) is 3.48. The molecule has 0 radical (unpaired) electrons. The van der Waals surface area contributed by atoms with Crippen molar-refractivity contribution in [3.63, 3.8) is 0 Å². The zero-order valence-corrected chi connectivity index (χ0v) is 17.2. The lowest BCUT2D eigenvalue weighted by molar-refractivity contribution is 0.102. The third-order valence-electron chi connectivity index (χ3n) is 4.19. The topological polar surface area (TPSA) is 69.0 Å². The summed E-state index contributed by atoms with van der Waals surface area (Å²) in [6, 6.07) is 15.1. The van der Waals surface area contributed by atoms with E-state index in [0.29, 0.717) is 16.5 Å². The number of carbonyl (C=O) groups is 1. The molecule has 0 saturated carbocycles. The van der Waals surface area contributed by atoms with Gasteiger partial charge in [0.1, 0.15) is 11.6 Å². The van der Waals surface area contributed by atoms with E-state index in [1.807, 2.05) is 61.7 Å². The Morgan fingerprint density at radius 2 is 2.04 bits per heavy atom. The number of anilines is 1. The molecular formula is C20H18N4O2S2. The Labute approximate surface area is 170 Å². The van der Waals surface area contributed by atoms with Crippen molar-refractivity contribution in [1.29, 1.82) is 0 Å². The van der Waals surface area contributed by atoms with E-state index in [0.717, 1.165) is 26.6 Å². The number of benzene rings is 2. The van der Waals surface area contributed by atoms with Crippen molar-refractivity contribution in [2.45, 2.75) is 11.8 Å². The molecule has 2 aromatic carbocycles. The second kappa shape index (κ2) is 7.65. The van der Waals surface area contributed by atoms with E-state index in [1.54, 1.807) is 23.6 Å². The maximum absolute atomic E-state index is 12.8. The number of hydrogen-bond acceptors (Lipinski definition) is 6. The maximum atomic E-state index is 12.8. The number of methoxy groups -OCH3 is 1. The molecule has 0 aliphatic rings. The van der Waals surface area contributed by atoms with Gasteiger partial charge in [0, 0.05) is 11.0 Å². The normalized spacial score (nSPS) is 11.0. The molecule has 0 aliphatic heterocycles. The number of aromatic nitrogens is 3. The van der Waals surface area contributed by atoms with Gasteiger partial charge >= 0.3 is 0 Å². The van der Waals surface area contributed by atoms with Gasteiger partial charge in [0.25, 0.3) is 5.91 Å². The summed E-state index contributed by atoms with van der Waals surface area (Å²) in [5, 5.41) is 8.18. The molecular weight excluding hydrogens is 392 g/mol. The molecule has 28 heavy (non-hydrogen) atoms. The van der Waals surface area contributed by atoms with E-state index in [2.05, 4.69) is 15.4 Å². The maximum Gasteiger partial charge on any atom is 0.257 e. The van der Waals surface area contributed by atoms with Crippen molar-refractivity contribution in [2.24, 2.45) is 0 Å². The number of hydrogen-bond donors (Lipinski definition) is 1. The van der Waals surface area contributed by atoms with E-state index >= 15 is 0 Å². The summed E-state index contributed by atoms with van der Waals surface area (Å²) in [7, 11) is 1.64. The van der Waals surface area contributed by atoms with Crippen molar-refractivity contribution < 1.29 is 9.53 Å². The van der Waals surface area contributed by atoms with E-state index in [1.165, 1.54) is 11.3 Å². The summed E-state index contributed by atoms with van der Waals surface area (Å²) < 4.78 is 7.95. The van der Waals surface area contributed by atoms with Crippen LogP contribution in [-0.4, -0.2) is 34.0 Å². The molecule has 8 heteroatoms. The zero-order chi connectivity index (χ0) is 19.7. The van der Waals surface area contributed by atoms with Crippen molar-refractivity contribution in [3.8, 4) is 10.9 Å². The van der Waals surface area contributed by atoms with Gasteiger partial charge in [-0.3, -0.25) is 4.79 Å². The molecule has 0 atom stereocenters. The van der Waals surface area contributed by atoms with Crippen molar-refractivity contribution in [1.82, 2.24) is 14.8 Å². The van der Waals surface area contributed by atoms with Crippen molar-refractivity contribution in [2.75, 3.05) is 18.7 Å². The summed E-state index contributed by atoms with van der Waals surface area (Å²) in [6.45, 7) is 1.89. The lowest BCUT2D eigenvalue weighted by Gasteiger charge is -2.09. The number of fused-ring (bicyclic) bond motifs is 1. The Bertz CT molecular complexity index is 1170. The molecule has 0 unspecified atom stereocenters. The lowest BCUT2D eigenvalue weighted by Crippen LogP contribution is -2.15. The van der Waals surface area contributed by atoms with E-state index in [-0.39, 0.29) is 5.91 Å². The van der Waals surface area contributed by atoms with Crippen LogP contribution in [0, 0.1) is 6.92 Å². The second-order valence-corrected chi connectivity index (χ2v) is 7.92. The fourth-order valence-corrected chi connectivity index (χ4v) is 4.42. The molecule has 6 nitrogen and oxygen atoms in total. The van der Waals surface area contributed by atoms with E-state index in [9.17, 15) is 4.79 Å². The standard InChI is InChI=1S/C20H18N4O2S2/c1-12-10-18(22-19(25)14-6-4-5-7-16(14)27-3)24(23-12)20-21-15-9-8-13(26-2)11-17(15)28-20/h4-11H,1-3H3,(H,22,25). The number of nitrogens with zero attached hydrogens (tertiary/aromatic N) is 3. The van der Waals surface area contributed by atoms with Crippen molar-refractivity contribution >= 4 is 45.0 Å². The monoisotopic (exact) mass is 410 g/mol. The molecule has 0 bridgehead atoms. The van der Waals surface area contributed by atoms with Crippen LogP contribution in [0.2, 0.25) is 0 Å². The first-order valence-electron chi connectivity index (χ1n) is 8.55. The largest absolute Gasteiger partial charge is 0.497 e. The Morgan fingerprint density at radius 1 is 1.21 bits per heavy atom. The SMILES string of the molecule is COc1ccc2nc(-n3nc(C)cc3NC(=O)c3ccccc3SC)sc2c1. The first-order chi connectivity index (χ1) is 13.6. The summed E-state index contributed by atoms with van der Waals surface area (Å²) >= 11 is 3.03.